The summed E-state index contributed by atoms with van der Waals surface area (Å²) in [5, 5.41) is 6.58. The van der Waals surface area contributed by atoms with Crippen molar-refractivity contribution >= 4 is 21.7 Å². The lowest BCUT2D eigenvalue weighted by atomic mass is 10.2. The number of alkyl halides is 3. The third kappa shape index (κ3) is 3.24. The molecule has 0 unspecified atom stereocenters. The molecule has 27 heavy (non-hydrogen) atoms. The van der Waals surface area contributed by atoms with Gasteiger partial charge in [0, 0.05) is 30.8 Å². The van der Waals surface area contributed by atoms with Crippen molar-refractivity contribution < 1.29 is 21.6 Å². The van der Waals surface area contributed by atoms with Crippen LogP contribution in [0.3, 0.4) is 0 Å². The fourth-order valence-corrected chi connectivity index (χ4v) is 3.86. The number of sulfonamides is 1. The standard InChI is InChI=1S/C15H11F3N6O2S/c16-15(17,18)11-8-19-14(23-13(11)24-5-1-4-20-24)22-10-2-3-12-9(6-10)7-21-27(12,25)26/h1-6,8,21H,7H2,(H,19,22,23). The summed E-state index contributed by atoms with van der Waals surface area (Å²) in [6.45, 7) is 0.138. The quantitative estimate of drug-likeness (QED) is 0.704. The zero-order valence-corrected chi connectivity index (χ0v) is 14.2. The molecule has 0 fully saturated rings. The Morgan fingerprint density at radius 3 is 2.78 bits per heavy atom. The lowest BCUT2D eigenvalue weighted by Crippen LogP contribution is -2.15. The predicted octanol–water partition coefficient (Wildman–Crippen LogP) is 2.22. The highest BCUT2D eigenvalue weighted by Gasteiger charge is 2.36. The van der Waals surface area contributed by atoms with Crippen molar-refractivity contribution in [2.24, 2.45) is 0 Å². The van der Waals surface area contributed by atoms with Crippen molar-refractivity contribution in [1.29, 1.82) is 0 Å². The molecular weight excluding hydrogens is 385 g/mol. The highest BCUT2D eigenvalue weighted by atomic mass is 32.2. The van der Waals surface area contributed by atoms with Crippen LogP contribution < -0.4 is 10.0 Å². The molecule has 8 nitrogen and oxygen atoms in total. The summed E-state index contributed by atoms with van der Waals surface area (Å²) in [5.41, 5.74) is -0.0426. The van der Waals surface area contributed by atoms with Gasteiger partial charge in [-0.2, -0.15) is 23.3 Å². The summed E-state index contributed by atoms with van der Waals surface area (Å²) in [5.74, 6) is -0.502. The van der Waals surface area contributed by atoms with E-state index >= 15 is 0 Å². The van der Waals surface area contributed by atoms with Crippen LogP contribution in [0.15, 0.2) is 47.8 Å². The molecular formula is C15H11F3N6O2S. The van der Waals surface area contributed by atoms with Gasteiger partial charge in [0.1, 0.15) is 5.56 Å². The van der Waals surface area contributed by atoms with Gasteiger partial charge >= 0.3 is 6.18 Å². The number of benzene rings is 1. The van der Waals surface area contributed by atoms with E-state index in [1.807, 2.05) is 0 Å². The number of rotatable bonds is 3. The second kappa shape index (κ2) is 6.03. The molecule has 0 saturated carbocycles. The summed E-state index contributed by atoms with van der Waals surface area (Å²) in [6, 6.07) is 5.94. The molecule has 3 aromatic rings. The number of nitrogens with zero attached hydrogens (tertiary/aromatic N) is 4. The molecule has 0 atom stereocenters. The summed E-state index contributed by atoms with van der Waals surface area (Å²) >= 11 is 0. The van der Waals surface area contributed by atoms with Crippen molar-refractivity contribution in [2.75, 3.05) is 5.32 Å². The van der Waals surface area contributed by atoms with Crippen molar-refractivity contribution in [3.8, 4) is 5.82 Å². The van der Waals surface area contributed by atoms with E-state index in [-0.39, 0.29) is 17.4 Å². The predicted molar refractivity (Wildman–Crippen MR) is 87.9 cm³/mol. The van der Waals surface area contributed by atoms with Crippen molar-refractivity contribution in [2.45, 2.75) is 17.6 Å². The molecule has 0 aliphatic carbocycles. The van der Waals surface area contributed by atoms with Gasteiger partial charge < -0.3 is 5.32 Å². The van der Waals surface area contributed by atoms with E-state index in [0.717, 1.165) is 4.68 Å². The highest BCUT2D eigenvalue weighted by Crippen LogP contribution is 2.33. The van der Waals surface area contributed by atoms with Gasteiger partial charge in [0.25, 0.3) is 0 Å². The Morgan fingerprint density at radius 2 is 2.07 bits per heavy atom. The summed E-state index contributed by atoms with van der Waals surface area (Å²) in [6.07, 6.45) is -1.30. The lowest BCUT2D eigenvalue weighted by Gasteiger charge is -2.13. The number of anilines is 2. The second-order valence-electron chi connectivity index (χ2n) is 5.65. The zero-order chi connectivity index (χ0) is 19.2. The van der Waals surface area contributed by atoms with Crippen molar-refractivity contribution in [3.63, 3.8) is 0 Å². The number of nitrogens with one attached hydrogen (secondary N) is 2. The number of hydrogen-bond donors (Lipinski definition) is 2. The molecule has 0 radical (unpaired) electrons. The minimum absolute atomic E-state index is 0.0812. The molecule has 2 aromatic heterocycles. The van der Waals surface area contributed by atoms with Crippen LogP contribution in [0.5, 0.6) is 0 Å². The van der Waals surface area contributed by atoms with Crippen LogP contribution in [0.4, 0.5) is 24.8 Å². The minimum Gasteiger partial charge on any atom is -0.324 e. The molecule has 0 amide bonds. The number of aromatic nitrogens is 4. The Morgan fingerprint density at radius 1 is 1.26 bits per heavy atom. The van der Waals surface area contributed by atoms with Crippen LogP contribution in [-0.4, -0.2) is 28.2 Å². The van der Waals surface area contributed by atoms with Crippen LogP contribution in [0.2, 0.25) is 0 Å². The molecule has 12 heteroatoms. The molecule has 1 aliphatic rings. The van der Waals surface area contributed by atoms with Crippen LogP contribution in [0, 0.1) is 0 Å². The first kappa shape index (κ1) is 17.4. The highest BCUT2D eigenvalue weighted by molar-refractivity contribution is 7.89. The van der Waals surface area contributed by atoms with Crippen LogP contribution >= 0.6 is 0 Å². The van der Waals surface area contributed by atoms with E-state index < -0.39 is 27.6 Å². The van der Waals surface area contributed by atoms with Crippen LogP contribution in [-0.2, 0) is 22.7 Å². The molecule has 1 aliphatic heterocycles. The maximum Gasteiger partial charge on any atom is 0.421 e. The molecule has 2 N–H and O–H groups in total. The van der Waals surface area contributed by atoms with E-state index in [9.17, 15) is 21.6 Å². The first-order valence-electron chi connectivity index (χ1n) is 7.58. The fraction of sp³-hybridized carbons (Fsp3) is 0.133. The Kier molecular flexibility index (Phi) is 3.89. The van der Waals surface area contributed by atoms with Gasteiger partial charge in [-0.15, -0.1) is 0 Å². The summed E-state index contributed by atoms with van der Waals surface area (Å²) in [7, 11) is -3.50. The minimum atomic E-state index is -4.65. The van der Waals surface area contributed by atoms with Crippen LogP contribution in [0.1, 0.15) is 11.1 Å². The average molecular weight is 396 g/mol. The monoisotopic (exact) mass is 396 g/mol. The van der Waals surface area contributed by atoms with Crippen LogP contribution in [0.25, 0.3) is 5.82 Å². The van der Waals surface area contributed by atoms with Gasteiger partial charge in [0.15, 0.2) is 5.82 Å². The summed E-state index contributed by atoms with van der Waals surface area (Å²) in [4.78, 5) is 7.80. The third-order valence-electron chi connectivity index (χ3n) is 3.85. The van der Waals surface area contributed by atoms with Gasteiger partial charge in [0.2, 0.25) is 16.0 Å². The Labute approximate surface area is 151 Å². The first-order chi connectivity index (χ1) is 12.7. The van der Waals surface area contributed by atoms with E-state index in [0.29, 0.717) is 17.4 Å². The maximum absolute atomic E-state index is 13.2. The van der Waals surface area contributed by atoms with Gasteiger partial charge in [-0.3, -0.25) is 0 Å². The van der Waals surface area contributed by atoms with E-state index in [2.05, 4.69) is 25.1 Å². The van der Waals surface area contributed by atoms with Crippen molar-refractivity contribution in [1.82, 2.24) is 24.5 Å². The molecule has 4 rings (SSSR count). The Hall–Kier alpha value is -2.99. The molecule has 140 valence electrons. The largest absolute Gasteiger partial charge is 0.421 e. The maximum atomic E-state index is 13.2. The number of fused-ring (bicyclic) bond motifs is 1. The lowest BCUT2D eigenvalue weighted by molar-refractivity contribution is -0.138. The van der Waals surface area contributed by atoms with E-state index in [1.54, 1.807) is 6.07 Å². The van der Waals surface area contributed by atoms with Crippen molar-refractivity contribution in [3.05, 3.63) is 54.0 Å². The first-order valence-corrected chi connectivity index (χ1v) is 9.06. The topological polar surface area (TPSA) is 102 Å². The van der Waals surface area contributed by atoms with E-state index in [1.165, 1.54) is 30.6 Å². The van der Waals surface area contributed by atoms with Gasteiger partial charge in [0.05, 0.1) is 4.90 Å². The summed E-state index contributed by atoms with van der Waals surface area (Å²) < 4.78 is 66.5. The fourth-order valence-electron chi connectivity index (χ4n) is 2.64. The smallest absolute Gasteiger partial charge is 0.324 e. The van der Waals surface area contributed by atoms with E-state index in [4.69, 9.17) is 0 Å². The Balaban J connectivity index is 1.71. The second-order valence-corrected chi connectivity index (χ2v) is 7.39. The molecule has 3 heterocycles. The Bertz CT molecular complexity index is 1110. The third-order valence-corrected chi connectivity index (χ3v) is 5.36. The molecule has 0 bridgehead atoms. The normalized spacial score (nSPS) is 15.5. The van der Waals surface area contributed by atoms with Gasteiger partial charge in [-0.05, 0) is 29.8 Å². The number of halogens is 3. The van der Waals surface area contributed by atoms with Gasteiger partial charge in [-0.25, -0.2) is 22.8 Å². The average Bonchev–Trinajstić information content (AvgIpc) is 3.22. The zero-order valence-electron chi connectivity index (χ0n) is 13.4. The number of hydrogen-bond acceptors (Lipinski definition) is 6. The molecule has 0 spiro atoms. The SMILES string of the molecule is O=S1(=O)NCc2cc(Nc3ncc(C(F)(F)F)c(-n4cccn4)n3)ccc21. The van der Waals surface area contributed by atoms with Gasteiger partial charge in [-0.1, -0.05) is 0 Å². The molecule has 1 aromatic carbocycles. The molecule has 0 saturated heterocycles.